The standard InChI is InChI=1S/C18H30O3S.C9H21NO3/c1-16(2)10-8-6-4-3-5-7-9-11-17-12-14-18(15-13-17)22(19,20)21;1-7(11)4-10(5-8(2)12)6-9(3)13/h12-16H,3-11H2,1-2H3,(H,19,20,21);7-9,11-13H,4-6H2,1-3H3. The summed E-state index contributed by atoms with van der Waals surface area (Å²) in [5, 5.41) is 27.5. The molecule has 0 aliphatic rings. The van der Waals surface area contributed by atoms with Gasteiger partial charge in [-0.2, -0.15) is 0 Å². The smallest absolute Gasteiger partial charge is 0.124 e. The Hall–Kier alpha value is -1.03. The number of hydrogen-bond acceptors (Lipinski definition) is 6. The Morgan fingerprint density at radius 1 is 0.714 bits per heavy atom. The van der Waals surface area contributed by atoms with Crippen LogP contribution in [0.15, 0.2) is 29.2 Å². The van der Waals surface area contributed by atoms with E-state index in [0.717, 1.165) is 29.2 Å². The molecule has 0 bridgehead atoms. The van der Waals surface area contributed by atoms with Crippen molar-refractivity contribution in [2.75, 3.05) is 19.6 Å². The van der Waals surface area contributed by atoms with E-state index in [2.05, 4.69) is 13.8 Å². The number of rotatable bonds is 17. The monoisotopic (exact) mass is 517 g/mol. The zero-order valence-electron chi connectivity index (χ0n) is 22.6. The van der Waals surface area contributed by atoms with Crippen LogP contribution in [0.2, 0.25) is 0 Å². The summed E-state index contributed by atoms with van der Waals surface area (Å²) >= 11 is 0. The molecule has 1 aromatic rings. The van der Waals surface area contributed by atoms with Crippen LogP contribution in [0.4, 0.5) is 0 Å². The summed E-state index contributed by atoms with van der Waals surface area (Å²) in [7, 11) is -4.32. The number of aliphatic hydroxyl groups excluding tert-OH is 3. The van der Waals surface area contributed by atoms with Gasteiger partial charge in [-0.1, -0.05) is 70.9 Å². The third-order valence-electron chi connectivity index (χ3n) is 5.71. The molecule has 0 aliphatic heterocycles. The molecule has 35 heavy (non-hydrogen) atoms. The predicted octanol–water partition coefficient (Wildman–Crippen LogP) is 2.92. The van der Waals surface area contributed by atoms with Gasteiger partial charge in [0.05, 0.1) is 4.90 Å². The lowest BCUT2D eigenvalue weighted by Gasteiger charge is -2.23. The number of aliphatic hydroxyl groups is 3. The number of aryl methyl sites for hydroxylation is 1. The topological polar surface area (TPSA) is 122 Å². The van der Waals surface area contributed by atoms with Gasteiger partial charge in [-0.25, -0.2) is 8.42 Å². The zero-order chi connectivity index (χ0) is 26.9. The van der Waals surface area contributed by atoms with Gasteiger partial charge in [0, 0.05) is 0 Å². The molecule has 0 aliphatic carbocycles. The fraction of sp³-hybridized carbons (Fsp3) is 0.778. The van der Waals surface area contributed by atoms with Crippen molar-refractivity contribution in [3.05, 3.63) is 29.8 Å². The fourth-order valence-electron chi connectivity index (χ4n) is 4.09. The molecule has 3 atom stereocenters. The molecule has 0 aromatic heterocycles. The van der Waals surface area contributed by atoms with Gasteiger partial charge in [0.25, 0.3) is 0 Å². The predicted molar refractivity (Wildman–Crippen MR) is 140 cm³/mol. The van der Waals surface area contributed by atoms with Crippen molar-refractivity contribution in [3.63, 3.8) is 0 Å². The average molecular weight is 518 g/mol. The molecule has 4 N–H and O–H groups in total. The number of hydrogen-bond donors (Lipinski definition) is 4. The maximum absolute atomic E-state index is 10.8. The molecule has 0 heterocycles. The Balaban J connectivity index is 0.000000761. The van der Waals surface area contributed by atoms with Crippen molar-refractivity contribution in [1.29, 1.82) is 0 Å². The number of unbranched alkanes of at least 4 members (excludes halogenated alkanes) is 6. The molecule has 7 nitrogen and oxygen atoms in total. The van der Waals surface area contributed by atoms with E-state index in [1.807, 2.05) is 0 Å². The van der Waals surface area contributed by atoms with Crippen LogP contribution in [-0.4, -0.2) is 66.2 Å². The number of nitrogens with one attached hydrogen (secondary N) is 1. The molecule has 0 radical (unpaired) electrons. The van der Waals surface area contributed by atoms with Crippen molar-refractivity contribution in [2.24, 2.45) is 5.92 Å². The molecule has 1 aromatic carbocycles. The van der Waals surface area contributed by atoms with Crippen molar-refractivity contribution in [2.45, 2.75) is 116 Å². The molecular formula is C27H51NO6S. The minimum absolute atomic E-state index is 0.141. The van der Waals surface area contributed by atoms with E-state index in [9.17, 15) is 13.0 Å². The fourth-order valence-corrected chi connectivity index (χ4v) is 4.56. The van der Waals surface area contributed by atoms with Gasteiger partial charge in [0.2, 0.25) is 0 Å². The first-order valence-electron chi connectivity index (χ1n) is 13.2. The molecule has 1 rings (SSSR count). The average Bonchev–Trinajstić information content (AvgIpc) is 2.71. The summed E-state index contributed by atoms with van der Waals surface area (Å²) in [4.78, 5) is 0.887. The second-order valence-electron chi connectivity index (χ2n) is 10.4. The molecule has 3 unspecified atom stereocenters. The van der Waals surface area contributed by atoms with Crippen LogP contribution in [0.1, 0.15) is 91.5 Å². The number of benzene rings is 1. The van der Waals surface area contributed by atoms with Gasteiger partial charge < -0.3 is 24.8 Å². The summed E-state index contributed by atoms with van der Waals surface area (Å²) in [5.74, 6) is 0.822. The Morgan fingerprint density at radius 2 is 1.11 bits per heavy atom. The van der Waals surface area contributed by atoms with E-state index in [0.29, 0.717) is 19.6 Å². The third kappa shape index (κ3) is 20.8. The van der Waals surface area contributed by atoms with Gasteiger partial charge in [-0.15, -0.1) is 0 Å². The van der Waals surface area contributed by atoms with Crippen molar-refractivity contribution < 1.29 is 33.2 Å². The van der Waals surface area contributed by atoms with Crippen LogP contribution < -0.4 is 4.90 Å². The lowest BCUT2D eigenvalue weighted by atomic mass is 10.0. The lowest BCUT2D eigenvalue weighted by Crippen LogP contribution is -3.15. The highest BCUT2D eigenvalue weighted by atomic mass is 32.2. The van der Waals surface area contributed by atoms with Crippen LogP contribution in [0.25, 0.3) is 0 Å². The Labute approximate surface area is 214 Å². The van der Waals surface area contributed by atoms with Crippen molar-refractivity contribution >= 4 is 10.1 Å². The van der Waals surface area contributed by atoms with Crippen LogP contribution >= 0.6 is 0 Å². The molecule has 0 saturated heterocycles. The molecule has 206 valence electrons. The molecule has 8 heteroatoms. The Kier molecular flexibility index (Phi) is 18.6. The van der Waals surface area contributed by atoms with E-state index in [-0.39, 0.29) is 4.90 Å². The second kappa shape index (κ2) is 19.1. The first-order chi connectivity index (χ1) is 16.3. The minimum atomic E-state index is -4.32. The molecule has 0 amide bonds. The molecule has 0 fully saturated rings. The third-order valence-corrected chi connectivity index (χ3v) is 6.56. The van der Waals surface area contributed by atoms with E-state index < -0.39 is 28.4 Å². The minimum Gasteiger partial charge on any atom is -0.744 e. The Morgan fingerprint density at radius 3 is 1.49 bits per heavy atom. The molecule has 0 saturated carbocycles. The SMILES string of the molecule is CC(C)CCCCCCCCCc1ccc(S(=O)(=O)[O-])cc1.CC(O)C[NH+](CC(C)O)CC(C)O. The van der Waals surface area contributed by atoms with E-state index >= 15 is 0 Å². The summed E-state index contributed by atoms with van der Waals surface area (Å²) in [6.07, 6.45) is 10.1. The van der Waals surface area contributed by atoms with Crippen LogP contribution in [0.5, 0.6) is 0 Å². The highest BCUT2D eigenvalue weighted by Crippen LogP contribution is 2.15. The summed E-state index contributed by atoms with van der Waals surface area (Å²) < 4.78 is 32.5. The maximum Gasteiger partial charge on any atom is 0.124 e. The van der Waals surface area contributed by atoms with Crippen molar-refractivity contribution in [1.82, 2.24) is 0 Å². The van der Waals surface area contributed by atoms with Gasteiger partial charge in [0.1, 0.15) is 48.1 Å². The van der Waals surface area contributed by atoms with E-state index in [1.165, 1.54) is 57.1 Å². The van der Waals surface area contributed by atoms with Gasteiger partial charge in [-0.05, 0) is 57.2 Å². The largest absolute Gasteiger partial charge is 0.744 e. The highest BCUT2D eigenvalue weighted by molar-refractivity contribution is 7.85. The van der Waals surface area contributed by atoms with Crippen LogP contribution in [-0.2, 0) is 16.5 Å². The van der Waals surface area contributed by atoms with E-state index in [4.69, 9.17) is 15.3 Å². The Bertz CT molecular complexity index is 709. The van der Waals surface area contributed by atoms with E-state index in [1.54, 1.807) is 32.9 Å². The molecular weight excluding hydrogens is 466 g/mol. The zero-order valence-corrected chi connectivity index (χ0v) is 23.4. The molecule has 0 spiro atoms. The first-order valence-corrected chi connectivity index (χ1v) is 14.6. The van der Waals surface area contributed by atoms with Gasteiger partial charge in [0.15, 0.2) is 0 Å². The van der Waals surface area contributed by atoms with Crippen LogP contribution in [0, 0.1) is 5.92 Å². The summed E-state index contributed by atoms with van der Waals surface area (Å²) in [6, 6.07) is 6.31. The quantitative estimate of drug-likeness (QED) is 0.186. The maximum atomic E-state index is 10.8. The highest BCUT2D eigenvalue weighted by Gasteiger charge is 2.16. The number of quaternary nitrogens is 1. The van der Waals surface area contributed by atoms with Crippen molar-refractivity contribution in [3.8, 4) is 0 Å². The van der Waals surface area contributed by atoms with Gasteiger partial charge >= 0.3 is 0 Å². The lowest BCUT2D eigenvalue weighted by molar-refractivity contribution is -0.908. The summed E-state index contributed by atoms with van der Waals surface area (Å²) in [5.41, 5.74) is 1.10. The first kappa shape index (κ1) is 34.0. The van der Waals surface area contributed by atoms with Crippen LogP contribution in [0.3, 0.4) is 0 Å². The van der Waals surface area contributed by atoms with Gasteiger partial charge in [-0.3, -0.25) is 0 Å². The normalized spacial score (nSPS) is 15.3. The second-order valence-corrected chi connectivity index (χ2v) is 11.8. The summed E-state index contributed by atoms with van der Waals surface area (Å²) in [6.45, 7) is 11.4.